The van der Waals surface area contributed by atoms with Crippen LogP contribution in [0.25, 0.3) is 0 Å². The number of piperazine rings is 1. The van der Waals surface area contributed by atoms with Gasteiger partial charge in [0.2, 0.25) is 5.91 Å². The van der Waals surface area contributed by atoms with Gasteiger partial charge in [0.25, 0.3) is 5.91 Å². The lowest BCUT2D eigenvalue weighted by molar-refractivity contribution is -0.120. The number of hydrogen-bond donors (Lipinski definition) is 2. The van der Waals surface area contributed by atoms with E-state index in [0.29, 0.717) is 6.54 Å². The first-order valence-corrected chi connectivity index (χ1v) is 9.20. The third-order valence-corrected chi connectivity index (χ3v) is 4.62. The van der Waals surface area contributed by atoms with Crippen molar-refractivity contribution in [1.29, 1.82) is 0 Å². The third kappa shape index (κ3) is 5.50. The Bertz CT molecular complexity index is 820. The SMILES string of the molecule is CN1CCN(c2ccc(CNC(=O)CNC(=O)c3cccc(F)c3)cn2)CC1. The van der Waals surface area contributed by atoms with E-state index in [2.05, 4.69) is 32.5 Å². The maximum absolute atomic E-state index is 13.1. The fourth-order valence-corrected chi connectivity index (χ4v) is 2.90. The molecule has 7 nitrogen and oxygen atoms in total. The van der Waals surface area contributed by atoms with Crippen LogP contribution >= 0.6 is 0 Å². The summed E-state index contributed by atoms with van der Waals surface area (Å²) in [7, 11) is 2.11. The van der Waals surface area contributed by atoms with Crippen LogP contribution in [-0.4, -0.2) is 61.5 Å². The monoisotopic (exact) mass is 385 g/mol. The van der Waals surface area contributed by atoms with Crippen LogP contribution < -0.4 is 15.5 Å². The summed E-state index contributed by atoms with van der Waals surface area (Å²) in [6.07, 6.45) is 1.75. The van der Waals surface area contributed by atoms with Crippen LogP contribution in [0.1, 0.15) is 15.9 Å². The van der Waals surface area contributed by atoms with E-state index in [1.165, 1.54) is 18.2 Å². The molecule has 0 aliphatic carbocycles. The first kappa shape index (κ1) is 19.8. The highest BCUT2D eigenvalue weighted by Crippen LogP contribution is 2.13. The highest BCUT2D eigenvalue weighted by molar-refractivity contribution is 5.96. The van der Waals surface area contributed by atoms with Gasteiger partial charge in [0.05, 0.1) is 6.54 Å². The van der Waals surface area contributed by atoms with Crippen molar-refractivity contribution in [2.45, 2.75) is 6.54 Å². The molecule has 1 aliphatic rings. The van der Waals surface area contributed by atoms with Crippen molar-refractivity contribution in [2.24, 2.45) is 0 Å². The van der Waals surface area contributed by atoms with Crippen LogP contribution in [0, 0.1) is 5.82 Å². The molecule has 1 fully saturated rings. The van der Waals surface area contributed by atoms with Crippen LogP contribution in [0.15, 0.2) is 42.6 Å². The molecule has 1 aliphatic heterocycles. The van der Waals surface area contributed by atoms with Crippen molar-refractivity contribution >= 4 is 17.6 Å². The normalized spacial score (nSPS) is 14.6. The highest BCUT2D eigenvalue weighted by Gasteiger charge is 2.15. The van der Waals surface area contributed by atoms with E-state index >= 15 is 0 Å². The Labute approximate surface area is 163 Å². The Hall–Kier alpha value is -3.00. The van der Waals surface area contributed by atoms with E-state index in [4.69, 9.17) is 0 Å². The summed E-state index contributed by atoms with van der Waals surface area (Å²) in [4.78, 5) is 32.8. The zero-order chi connectivity index (χ0) is 19.9. The molecular formula is C20H24FN5O2. The van der Waals surface area contributed by atoms with Gasteiger partial charge in [-0.15, -0.1) is 0 Å². The second-order valence-corrected chi connectivity index (χ2v) is 6.78. The molecule has 0 spiro atoms. The van der Waals surface area contributed by atoms with Crippen molar-refractivity contribution < 1.29 is 14.0 Å². The zero-order valence-corrected chi connectivity index (χ0v) is 15.8. The third-order valence-electron chi connectivity index (χ3n) is 4.62. The fraction of sp³-hybridized carbons (Fsp3) is 0.350. The Morgan fingerprint density at radius 3 is 2.57 bits per heavy atom. The van der Waals surface area contributed by atoms with Crippen molar-refractivity contribution in [3.63, 3.8) is 0 Å². The van der Waals surface area contributed by atoms with Crippen LogP contribution in [0.4, 0.5) is 10.2 Å². The summed E-state index contributed by atoms with van der Waals surface area (Å²) in [5, 5.41) is 5.21. The molecule has 8 heteroatoms. The first-order valence-electron chi connectivity index (χ1n) is 9.20. The van der Waals surface area contributed by atoms with Gasteiger partial charge in [-0.1, -0.05) is 12.1 Å². The fourth-order valence-electron chi connectivity index (χ4n) is 2.90. The summed E-state index contributed by atoms with van der Waals surface area (Å²) in [5.41, 5.74) is 1.05. The molecule has 0 radical (unpaired) electrons. The van der Waals surface area contributed by atoms with E-state index in [0.717, 1.165) is 43.6 Å². The molecule has 2 N–H and O–H groups in total. The lowest BCUT2D eigenvalue weighted by Gasteiger charge is -2.33. The van der Waals surface area contributed by atoms with Crippen LogP contribution in [-0.2, 0) is 11.3 Å². The average molecular weight is 385 g/mol. The summed E-state index contributed by atoms with van der Waals surface area (Å²) in [5.74, 6) is -0.379. The molecule has 2 heterocycles. The number of rotatable bonds is 6. The number of amides is 2. The minimum atomic E-state index is -0.496. The standard InChI is InChI=1S/C20H24FN5O2/c1-25-7-9-26(10-8-25)18-6-5-15(12-22-18)13-23-19(27)14-24-20(28)16-3-2-4-17(21)11-16/h2-6,11-12H,7-10,13-14H2,1H3,(H,23,27)(H,24,28). The molecule has 0 saturated carbocycles. The van der Waals surface area contributed by atoms with Crippen molar-refractivity contribution in [3.05, 3.63) is 59.5 Å². The summed E-state index contributed by atoms with van der Waals surface area (Å²) in [6, 6.07) is 9.21. The Balaban J connectivity index is 1.42. The number of nitrogens with zero attached hydrogens (tertiary/aromatic N) is 3. The van der Waals surface area contributed by atoms with E-state index in [1.54, 1.807) is 6.20 Å². The van der Waals surface area contributed by atoms with Gasteiger partial charge in [-0.3, -0.25) is 9.59 Å². The molecule has 3 rings (SSSR count). The minimum absolute atomic E-state index is 0.177. The molecular weight excluding hydrogens is 361 g/mol. The summed E-state index contributed by atoms with van der Waals surface area (Å²) < 4.78 is 13.1. The van der Waals surface area contributed by atoms with E-state index in [-0.39, 0.29) is 18.0 Å². The number of pyridine rings is 1. The maximum Gasteiger partial charge on any atom is 0.251 e. The molecule has 0 bridgehead atoms. The number of carbonyl (C=O) groups is 2. The molecule has 0 atom stereocenters. The number of benzene rings is 1. The lowest BCUT2D eigenvalue weighted by atomic mass is 10.2. The second kappa shape index (κ2) is 9.27. The zero-order valence-electron chi connectivity index (χ0n) is 15.8. The largest absolute Gasteiger partial charge is 0.354 e. The van der Waals surface area contributed by atoms with Crippen molar-refractivity contribution in [3.8, 4) is 0 Å². The van der Waals surface area contributed by atoms with E-state index in [9.17, 15) is 14.0 Å². The van der Waals surface area contributed by atoms with Crippen LogP contribution in [0.3, 0.4) is 0 Å². The smallest absolute Gasteiger partial charge is 0.251 e. The molecule has 2 amide bonds. The molecule has 2 aromatic rings. The number of halogens is 1. The number of aromatic nitrogens is 1. The van der Waals surface area contributed by atoms with Gasteiger partial charge in [-0.25, -0.2) is 9.37 Å². The average Bonchev–Trinajstić information content (AvgIpc) is 2.71. The molecule has 1 aromatic carbocycles. The molecule has 0 unspecified atom stereocenters. The van der Waals surface area contributed by atoms with Gasteiger partial charge in [0, 0.05) is 44.5 Å². The predicted octanol–water partition coefficient (Wildman–Crippen LogP) is 1.02. The number of anilines is 1. The van der Waals surface area contributed by atoms with Crippen molar-refractivity contribution in [2.75, 3.05) is 44.7 Å². The van der Waals surface area contributed by atoms with Crippen LogP contribution in [0.2, 0.25) is 0 Å². The quantitative estimate of drug-likeness (QED) is 0.776. The Morgan fingerprint density at radius 2 is 1.89 bits per heavy atom. The molecule has 148 valence electrons. The number of likely N-dealkylation sites (N-methyl/N-ethyl adjacent to an activating group) is 1. The lowest BCUT2D eigenvalue weighted by Crippen LogP contribution is -2.44. The molecule has 1 aromatic heterocycles. The maximum atomic E-state index is 13.1. The van der Waals surface area contributed by atoms with Gasteiger partial charge in [0.1, 0.15) is 11.6 Å². The van der Waals surface area contributed by atoms with Crippen LogP contribution in [0.5, 0.6) is 0 Å². The molecule has 28 heavy (non-hydrogen) atoms. The van der Waals surface area contributed by atoms with Gasteiger partial charge in [0.15, 0.2) is 0 Å². The predicted molar refractivity (Wildman–Crippen MR) is 105 cm³/mol. The van der Waals surface area contributed by atoms with E-state index in [1.807, 2.05) is 12.1 Å². The minimum Gasteiger partial charge on any atom is -0.354 e. The number of carbonyl (C=O) groups excluding carboxylic acids is 2. The number of nitrogens with one attached hydrogen (secondary N) is 2. The molecule has 1 saturated heterocycles. The van der Waals surface area contributed by atoms with E-state index < -0.39 is 11.7 Å². The van der Waals surface area contributed by atoms with Crippen molar-refractivity contribution in [1.82, 2.24) is 20.5 Å². The Morgan fingerprint density at radius 1 is 1.11 bits per heavy atom. The highest BCUT2D eigenvalue weighted by atomic mass is 19.1. The van der Waals surface area contributed by atoms with Gasteiger partial charge in [-0.05, 0) is 36.9 Å². The summed E-state index contributed by atoms with van der Waals surface area (Å²) >= 11 is 0. The van der Waals surface area contributed by atoms with Gasteiger partial charge in [-0.2, -0.15) is 0 Å². The van der Waals surface area contributed by atoms with Gasteiger partial charge < -0.3 is 20.4 Å². The Kier molecular flexibility index (Phi) is 6.54. The topological polar surface area (TPSA) is 77.6 Å². The summed E-state index contributed by atoms with van der Waals surface area (Å²) in [6.45, 7) is 4.07. The second-order valence-electron chi connectivity index (χ2n) is 6.78. The van der Waals surface area contributed by atoms with Gasteiger partial charge >= 0.3 is 0 Å². The number of hydrogen-bond acceptors (Lipinski definition) is 5. The first-order chi connectivity index (χ1) is 13.5.